The number of hydrogen-bond donors (Lipinski definition) is 1. The predicted molar refractivity (Wildman–Crippen MR) is 68.2 cm³/mol. The summed E-state index contributed by atoms with van der Waals surface area (Å²) in [6, 6.07) is 0. The molecule has 0 rings (SSSR count). The van der Waals surface area contributed by atoms with Crippen LogP contribution in [-0.4, -0.2) is 41.1 Å². The molecule has 0 aliphatic rings. The highest BCUT2D eigenvalue weighted by atomic mass is 19.1. The van der Waals surface area contributed by atoms with Crippen LogP contribution in [0, 0.1) is 0 Å². The number of carbonyl (C=O) groups excluding carboxylic acids is 1. The Hall–Kier alpha value is -1.13. The van der Waals surface area contributed by atoms with E-state index in [9.17, 15) is 14.0 Å². The van der Waals surface area contributed by atoms with E-state index < -0.39 is 12.1 Å². The Bertz CT molecular complexity index is 259. The highest BCUT2D eigenvalue weighted by Gasteiger charge is 2.17. The molecule has 0 bridgehead atoms. The van der Waals surface area contributed by atoms with Crippen molar-refractivity contribution in [3.8, 4) is 0 Å². The Morgan fingerprint density at radius 3 is 2.39 bits per heavy atom. The maximum atomic E-state index is 13.4. The van der Waals surface area contributed by atoms with Crippen molar-refractivity contribution in [2.45, 2.75) is 58.5 Å². The second kappa shape index (κ2) is 9.85. The minimum atomic E-state index is -1.03. The number of carboxylic acids is 1. The Morgan fingerprint density at radius 1 is 1.22 bits per heavy atom. The van der Waals surface area contributed by atoms with Gasteiger partial charge < -0.3 is 10.0 Å². The number of amides is 1. The van der Waals surface area contributed by atoms with Gasteiger partial charge in [-0.05, 0) is 19.3 Å². The van der Waals surface area contributed by atoms with E-state index in [2.05, 4.69) is 0 Å². The molecule has 106 valence electrons. The quantitative estimate of drug-likeness (QED) is 0.657. The molecule has 4 nitrogen and oxygen atoms in total. The summed E-state index contributed by atoms with van der Waals surface area (Å²) < 4.78 is 13.4. The number of alkyl halides is 1. The lowest BCUT2D eigenvalue weighted by molar-refractivity contribution is -0.144. The van der Waals surface area contributed by atoms with Crippen molar-refractivity contribution >= 4 is 11.9 Å². The molecule has 1 amide bonds. The highest BCUT2D eigenvalue weighted by molar-refractivity contribution is 5.81. The van der Waals surface area contributed by atoms with Crippen LogP contribution in [-0.2, 0) is 9.59 Å². The van der Waals surface area contributed by atoms with Crippen molar-refractivity contribution in [1.29, 1.82) is 0 Å². The fourth-order valence-corrected chi connectivity index (χ4v) is 1.73. The third-order valence-electron chi connectivity index (χ3n) is 2.71. The van der Waals surface area contributed by atoms with E-state index in [1.165, 1.54) is 4.90 Å². The smallest absolute Gasteiger partial charge is 0.323 e. The molecule has 0 spiro atoms. The van der Waals surface area contributed by atoms with Crippen molar-refractivity contribution < 1.29 is 19.1 Å². The van der Waals surface area contributed by atoms with Crippen LogP contribution >= 0.6 is 0 Å². The van der Waals surface area contributed by atoms with Gasteiger partial charge in [0, 0.05) is 13.0 Å². The molecule has 5 heteroatoms. The molecule has 0 aliphatic heterocycles. The fraction of sp³-hybridized carbons (Fsp3) is 0.846. The summed E-state index contributed by atoms with van der Waals surface area (Å²) in [5.41, 5.74) is 0. The van der Waals surface area contributed by atoms with E-state index in [4.69, 9.17) is 5.11 Å². The van der Waals surface area contributed by atoms with Crippen LogP contribution in [0.15, 0.2) is 0 Å². The van der Waals surface area contributed by atoms with Gasteiger partial charge in [-0.2, -0.15) is 0 Å². The van der Waals surface area contributed by atoms with Crippen LogP contribution in [0.4, 0.5) is 4.39 Å². The first-order valence-electron chi connectivity index (χ1n) is 6.64. The third-order valence-corrected chi connectivity index (χ3v) is 2.71. The molecule has 0 heterocycles. The lowest BCUT2D eigenvalue weighted by Crippen LogP contribution is -2.36. The first-order chi connectivity index (χ1) is 8.51. The van der Waals surface area contributed by atoms with Gasteiger partial charge >= 0.3 is 5.97 Å². The van der Waals surface area contributed by atoms with Gasteiger partial charge in [0.05, 0.1) is 0 Å². The van der Waals surface area contributed by atoms with Crippen LogP contribution in [0.2, 0.25) is 0 Å². The number of carboxylic acid groups (broad SMARTS) is 1. The number of halogens is 1. The lowest BCUT2D eigenvalue weighted by atomic mass is 10.1. The zero-order valence-electron chi connectivity index (χ0n) is 11.3. The fourth-order valence-electron chi connectivity index (χ4n) is 1.73. The molecular weight excluding hydrogens is 237 g/mol. The molecule has 0 radical (unpaired) electrons. The molecule has 0 aliphatic carbocycles. The van der Waals surface area contributed by atoms with Gasteiger partial charge in [0.1, 0.15) is 12.7 Å². The van der Waals surface area contributed by atoms with Crippen LogP contribution in [0.3, 0.4) is 0 Å². The monoisotopic (exact) mass is 261 g/mol. The van der Waals surface area contributed by atoms with Crippen LogP contribution in [0.1, 0.15) is 52.4 Å². The van der Waals surface area contributed by atoms with Crippen molar-refractivity contribution in [2.24, 2.45) is 0 Å². The Balaban J connectivity index is 4.04. The van der Waals surface area contributed by atoms with E-state index in [-0.39, 0.29) is 25.3 Å². The second-order valence-electron chi connectivity index (χ2n) is 4.49. The largest absolute Gasteiger partial charge is 0.480 e. The van der Waals surface area contributed by atoms with Crippen molar-refractivity contribution in [1.82, 2.24) is 4.90 Å². The van der Waals surface area contributed by atoms with Crippen molar-refractivity contribution in [2.75, 3.05) is 13.1 Å². The molecule has 1 N–H and O–H groups in total. The number of hydrogen-bond acceptors (Lipinski definition) is 2. The summed E-state index contributed by atoms with van der Waals surface area (Å²) in [5, 5.41) is 8.68. The van der Waals surface area contributed by atoms with Crippen LogP contribution < -0.4 is 0 Å². The maximum absolute atomic E-state index is 13.4. The molecule has 0 saturated heterocycles. The van der Waals surface area contributed by atoms with E-state index in [0.29, 0.717) is 19.4 Å². The van der Waals surface area contributed by atoms with Gasteiger partial charge in [0.15, 0.2) is 0 Å². The van der Waals surface area contributed by atoms with Gasteiger partial charge in [-0.15, -0.1) is 0 Å². The van der Waals surface area contributed by atoms with E-state index in [1.807, 2.05) is 13.8 Å². The average molecular weight is 261 g/mol. The Labute approximate surface area is 108 Å². The summed E-state index contributed by atoms with van der Waals surface area (Å²) in [7, 11) is 0. The Morgan fingerprint density at radius 2 is 1.89 bits per heavy atom. The third kappa shape index (κ3) is 8.03. The summed E-state index contributed by atoms with van der Waals surface area (Å²) in [6.07, 6.45) is 2.28. The molecular formula is C13H24FNO3. The van der Waals surface area contributed by atoms with Crippen molar-refractivity contribution in [3.05, 3.63) is 0 Å². The molecule has 0 aromatic heterocycles. The summed E-state index contributed by atoms with van der Waals surface area (Å²) in [6.45, 7) is 3.99. The first kappa shape index (κ1) is 16.9. The molecule has 0 saturated carbocycles. The predicted octanol–water partition coefficient (Wildman–Crippen LogP) is 2.62. The molecule has 0 aromatic rings. The molecule has 1 atom stereocenters. The number of carbonyl (C=O) groups is 2. The lowest BCUT2D eigenvalue weighted by Gasteiger charge is -2.20. The van der Waals surface area contributed by atoms with Gasteiger partial charge in [0.25, 0.3) is 0 Å². The summed E-state index contributed by atoms with van der Waals surface area (Å²) >= 11 is 0. The minimum Gasteiger partial charge on any atom is -0.480 e. The molecule has 1 unspecified atom stereocenters. The molecule has 18 heavy (non-hydrogen) atoms. The van der Waals surface area contributed by atoms with Crippen LogP contribution in [0.25, 0.3) is 0 Å². The van der Waals surface area contributed by atoms with Gasteiger partial charge in [-0.1, -0.05) is 26.7 Å². The van der Waals surface area contributed by atoms with E-state index in [1.54, 1.807) is 0 Å². The SMILES string of the molecule is CCCCC(F)CCC(=O)N(CCC)CC(=O)O. The highest BCUT2D eigenvalue weighted by Crippen LogP contribution is 2.12. The second-order valence-corrected chi connectivity index (χ2v) is 4.49. The first-order valence-corrected chi connectivity index (χ1v) is 6.64. The number of aliphatic carboxylic acids is 1. The van der Waals surface area contributed by atoms with Crippen molar-refractivity contribution in [3.63, 3.8) is 0 Å². The minimum absolute atomic E-state index is 0.0954. The van der Waals surface area contributed by atoms with E-state index in [0.717, 1.165) is 12.8 Å². The Kier molecular flexibility index (Phi) is 9.24. The average Bonchev–Trinajstić information content (AvgIpc) is 2.32. The number of nitrogens with zero attached hydrogens (tertiary/aromatic N) is 1. The van der Waals surface area contributed by atoms with Crippen LogP contribution in [0.5, 0.6) is 0 Å². The summed E-state index contributed by atoms with van der Waals surface area (Å²) in [4.78, 5) is 23.6. The number of unbranched alkanes of at least 4 members (excludes halogenated alkanes) is 1. The zero-order valence-corrected chi connectivity index (χ0v) is 11.3. The van der Waals surface area contributed by atoms with Gasteiger partial charge in [-0.25, -0.2) is 4.39 Å². The van der Waals surface area contributed by atoms with Gasteiger partial charge in [0.2, 0.25) is 5.91 Å². The number of rotatable bonds is 10. The molecule has 0 aromatic carbocycles. The maximum Gasteiger partial charge on any atom is 0.323 e. The van der Waals surface area contributed by atoms with Gasteiger partial charge in [-0.3, -0.25) is 9.59 Å². The normalized spacial score (nSPS) is 12.2. The summed E-state index contributed by atoms with van der Waals surface area (Å²) in [5.74, 6) is -1.29. The standard InChI is InChI=1S/C13H24FNO3/c1-3-5-6-11(14)7-8-12(16)15(9-4-2)10-13(17)18/h11H,3-10H2,1-2H3,(H,17,18). The van der Waals surface area contributed by atoms with E-state index >= 15 is 0 Å². The zero-order chi connectivity index (χ0) is 14.0. The topological polar surface area (TPSA) is 57.6 Å². The molecule has 0 fully saturated rings.